The van der Waals surface area contributed by atoms with Gasteiger partial charge in [-0.05, 0) is 51.9 Å². The molecule has 4 heteroatoms. The summed E-state index contributed by atoms with van der Waals surface area (Å²) in [7, 11) is -0.311. The molecule has 0 saturated carbocycles. The van der Waals surface area contributed by atoms with Crippen LogP contribution in [0.3, 0.4) is 0 Å². The smallest absolute Gasteiger partial charge is 0.400 e. The normalized spacial score (nSPS) is 22.9. The average molecular weight is 266 g/mol. The minimum atomic E-state index is -0.311. The van der Waals surface area contributed by atoms with Crippen molar-refractivity contribution in [1.82, 2.24) is 0 Å². The Kier molecular flexibility index (Phi) is 5.42. The average Bonchev–Trinajstić information content (AvgIpc) is 2.48. The second-order valence-electron chi connectivity index (χ2n) is 6.45. The third-order valence-electron chi connectivity index (χ3n) is 4.01. The Bertz CT molecular complexity index is 331. The Morgan fingerprint density at radius 2 is 1.74 bits per heavy atom. The zero-order chi connectivity index (χ0) is 14.7. The fourth-order valence-corrected chi connectivity index (χ4v) is 2.04. The van der Waals surface area contributed by atoms with E-state index in [9.17, 15) is 0 Å². The topological polar surface area (TPSA) is 38.7 Å². The highest BCUT2D eigenvalue weighted by atomic mass is 16.7. The maximum atomic E-state index is 8.70. The van der Waals surface area contributed by atoms with Gasteiger partial charge in [-0.1, -0.05) is 19.1 Å². The van der Waals surface area contributed by atoms with Crippen LogP contribution >= 0.6 is 0 Å². The molecule has 0 amide bonds. The van der Waals surface area contributed by atoms with E-state index in [2.05, 4.69) is 13.5 Å². The first-order chi connectivity index (χ1) is 8.69. The van der Waals surface area contributed by atoms with Crippen molar-refractivity contribution < 1.29 is 14.4 Å². The van der Waals surface area contributed by atoms with Gasteiger partial charge >= 0.3 is 7.12 Å². The lowest BCUT2D eigenvalue weighted by atomic mass is 9.74. The largest absolute Gasteiger partial charge is 0.489 e. The van der Waals surface area contributed by atoms with Crippen LogP contribution in [0.5, 0.6) is 0 Å². The summed E-state index contributed by atoms with van der Waals surface area (Å²) in [4.78, 5) is 0. The molecule has 1 N–H and O–H groups in total. The quantitative estimate of drug-likeness (QED) is 0.593. The van der Waals surface area contributed by atoms with Gasteiger partial charge < -0.3 is 14.4 Å². The second-order valence-corrected chi connectivity index (χ2v) is 6.45. The molecule has 0 radical (unpaired) electrons. The molecule has 1 aliphatic heterocycles. The van der Waals surface area contributed by atoms with Crippen molar-refractivity contribution in [3.05, 3.63) is 24.2 Å². The molecule has 3 nitrogen and oxygen atoms in total. The van der Waals surface area contributed by atoms with E-state index in [0.717, 1.165) is 18.3 Å². The van der Waals surface area contributed by atoms with Gasteiger partial charge in [0, 0.05) is 0 Å². The van der Waals surface area contributed by atoms with Crippen LogP contribution in [0.2, 0.25) is 0 Å². The van der Waals surface area contributed by atoms with Crippen LogP contribution in [0.4, 0.5) is 0 Å². The van der Waals surface area contributed by atoms with Crippen molar-refractivity contribution >= 4 is 7.12 Å². The Labute approximate surface area is 117 Å². The monoisotopic (exact) mass is 266 g/mol. The molecular weight excluding hydrogens is 239 g/mol. The van der Waals surface area contributed by atoms with E-state index in [0.29, 0.717) is 5.92 Å². The van der Waals surface area contributed by atoms with E-state index >= 15 is 0 Å². The van der Waals surface area contributed by atoms with E-state index in [-0.39, 0.29) is 24.9 Å². The maximum absolute atomic E-state index is 8.70. The van der Waals surface area contributed by atoms with Crippen LogP contribution < -0.4 is 0 Å². The van der Waals surface area contributed by atoms with Gasteiger partial charge in [0.15, 0.2) is 0 Å². The lowest BCUT2D eigenvalue weighted by molar-refractivity contribution is 0.00578. The summed E-state index contributed by atoms with van der Waals surface area (Å²) >= 11 is 0. The van der Waals surface area contributed by atoms with E-state index in [1.165, 1.54) is 0 Å². The van der Waals surface area contributed by atoms with Crippen LogP contribution in [-0.4, -0.2) is 30.0 Å². The van der Waals surface area contributed by atoms with Crippen LogP contribution in [0.1, 0.15) is 47.5 Å². The first-order valence-corrected chi connectivity index (χ1v) is 6.99. The molecule has 1 aliphatic rings. The first-order valence-electron chi connectivity index (χ1n) is 6.99. The summed E-state index contributed by atoms with van der Waals surface area (Å²) in [6, 6.07) is 0. The zero-order valence-corrected chi connectivity index (χ0v) is 12.9. The number of aliphatic hydroxyl groups excluding tert-OH is 1. The highest BCUT2D eigenvalue weighted by molar-refractivity contribution is 6.54. The highest BCUT2D eigenvalue weighted by Crippen LogP contribution is 2.39. The summed E-state index contributed by atoms with van der Waals surface area (Å²) in [5.41, 5.74) is 0.380. The minimum absolute atomic E-state index is 0.102. The van der Waals surface area contributed by atoms with E-state index in [1.54, 1.807) is 6.08 Å². The SMILES string of the molecule is C=C(C[C@@H](C)C/C=C/CO)B1OC(C)(C)C(C)(C)O1. The summed E-state index contributed by atoms with van der Waals surface area (Å²) < 4.78 is 11.9. The van der Waals surface area contributed by atoms with Gasteiger partial charge in [-0.15, -0.1) is 6.58 Å². The molecule has 108 valence electrons. The molecule has 0 unspecified atom stereocenters. The van der Waals surface area contributed by atoms with Gasteiger partial charge in [0.05, 0.1) is 17.8 Å². The Balaban J connectivity index is 2.50. The Morgan fingerprint density at radius 1 is 1.21 bits per heavy atom. The molecule has 1 rings (SSSR count). The number of hydrogen-bond acceptors (Lipinski definition) is 3. The van der Waals surface area contributed by atoms with Crippen LogP contribution in [0.15, 0.2) is 24.2 Å². The van der Waals surface area contributed by atoms with Gasteiger partial charge in [-0.2, -0.15) is 0 Å². The summed E-state index contributed by atoms with van der Waals surface area (Å²) in [6.45, 7) is 14.6. The van der Waals surface area contributed by atoms with Gasteiger partial charge in [0.1, 0.15) is 0 Å². The fourth-order valence-electron chi connectivity index (χ4n) is 2.04. The molecule has 0 aromatic carbocycles. The standard InChI is InChI=1S/C15H27BO3/c1-12(9-7-8-10-17)11-13(2)16-18-14(3,4)15(5,6)19-16/h7-8,12,17H,2,9-11H2,1,3-6H3/b8-7+/t12-/m0/s1. The van der Waals surface area contributed by atoms with Gasteiger partial charge in [0.25, 0.3) is 0 Å². The molecule has 0 bridgehead atoms. The van der Waals surface area contributed by atoms with Crippen molar-refractivity contribution in [1.29, 1.82) is 0 Å². The first kappa shape index (κ1) is 16.5. The van der Waals surface area contributed by atoms with E-state index in [4.69, 9.17) is 14.4 Å². The van der Waals surface area contributed by atoms with E-state index in [1.807, 2.05) is 33.8 Å². The third-order valence-corrected chi connectivity index (χ3v) is 4.01. The maximum Gasteiger partial charge on any atom is 0.489 e. The minimum Gasteiger partial charge on any atom is -0.400 e. The molecule has 19 heavy (non-hydrogen) atoms. The van der Waals surface area contributed by atoms with E-state index < -0.39 is 0 Å². The van der Waals surface area contributed by atoms with Crippen molar-refractivity contribution in [2.24, 2.45) is 5.92 Å². The Morgan fingerprint density at radius 3 is 2.21 bits per heavy atom. The number of allylic oxidation sites excluding steroid dienone is 2. The van der Waals surface area contributed by atoms with Crippen LogP contribution in [-0.2, 0) is 9.31 Å². The van der Waals surface area contributed by atoms with Gasteiger partial charge in [-0.25, -0.2) is 0 Å². The summed E-state index contributed by atoms with van der Waals surface area (Å²) in [6.07, 6.45) is 5.57. The predicted molar refractivity (Wildman–Crippen MR) is 79.8 cm³/mol. The number of rotatable bonds is 6. The zero-order valence-electron chi connectivity index (χ0n) is 12.9. The molecule has 1 fully saturated rings. The molecule has 0 aromatic heterocycles. The van der Waals surface area contributed by atoms with Crippen LogP contribution in [0.25, 0.3) is 0 Å². The second kappa shape index (κ2) is 6.25. The van der Waals surface area contributed by atoms with Crippen molar-refractivity contribution in [3.63, 3.8) is 0 Å². The number of aliphatic hydroxyl groups is 1. The molecular formula is C15H27BO3. The molecule has 1 saturated heterocycles. The molecule has 1 heterocycles. The highest BCUT2D eigenvalue weighted by Gasteiger charge is 2.51. The lowest BCUT2D eigenvalue weighted by Gasteiger charge is -2.32. The molecule has 1 atom stereocenters. The molecule has 0 spiro atoms. The lowest BCUT2D eigenvalue weighted by Crippen LogP contribution is -2.41. The number of hydrogen-bond donors (Lipinski definition) is 1. The van der Waals surface area contributed by atoms with Crippen molar-refractivity contribution in [2.45, 2.75) is 58.7 Å². The predicted octanol–water partition coefficient (Wildman–Crippen LogP) is 3.14. The summed E-state index contributed by atoms with van der Waals surface area (Å²) in [5.74, 6) is 0.467. The Hall–Kier alpha value is -0.575. The fraction of sp³-hybridized carbons (Fsp3) is 0.733. The molecule has 0 aliphatic carbocycles. The van der Waals surface area contributed by atoms with Crippen molar-refractivity contribution in [2.75, 3.05) is 6.61 Å². The van der Waals surface area contributed by atoms with Crippen LogP contribution in [0, 0.1) is 5.92 Å². The van der Waals surface area contributed by atoms with Gasteiger partial charge in [0.2, 0.25) is 0 Å². The van der Waals surface area contributed by atoms with Crippen molar-refractivity contribution in [3.8, 4) is 0 Å². The third kappa shape index (κ3) is 4.20. The summed E-state index contributed by atoms with van der Waals surface area (Å²) in [5, 5.41) is 8.70. The van der Waals surface area contributed by atoms with Gasteiger partial charge in [-0.3, -0.25) is 0 Å². The molecule has 0 aromatic rings.